The van der Waals surface area contributed by atoms with E-state index in [1.807, 2.05) is 31.2 Å². The third kappa shape index (κ3) is 11.5. The Balaban J connectivity index is 0.00000625. The van der Waals surface area contributed by atoms with Gasteiger partial charge in [-0.3, -0.25) is 4.79 Å². The van der Waals surface area contributed by atoms with Crippen molar-refractivity contribution in [3.8, 4) is 0 Å². The van der Waals surface area contributed by atoms with Gasteiger partial charge in [0.25, 0.3) is 0 Å². The van der Waals surface area contributed by atoms with Gasteiger partial charge < -0.3 is 20.3 Å². The zero-order valence-electron chi connectivity index (χ0n) is 15.8. The van der Waals surface area contributed by atoms with Crippen molar-refractivity contribution in [2.45, 2.75) is 19.8 Å². The van der Waals surface area contributed by atoms with Gasteiger partial charge in [0.05, 0.1) is 0 Å². The number of guanidine groups is 1. The number of hydrogen-bond acceptors (Lipinski definition) is 3. The summed E-state index contributed by atoms with van der Waals surface area (Å²) in [4.78, 5) is 17.6. The molecule has 6 nitrogen and oxygen atoms in total. The zero-order valence-corrected chi connectivity index (χ0v) is 18.8. The largest absolute Gasteiger partial charge is 0.382 e. The molecule has 0 aromatic heterocycles. The van der Waals surface area contributed by atoms with Crippen LogP contribution in [0, 0.1) is 0 Å². The summed E-state index contributed by atoms with van der Waals surface area (Å²) in [5.74, 6) is 0.596. The number of nitrogens with one attached hydrogen (secondary N) is 2. The first-order chi connectivity index (χ1) is 12.0. The lowest BCUT2D eigenvalue weighted by Gasteiger charge is -2.14. The van der Waals surface area contributed by atoms with Gasteiger partial charge in [-0.2, -0.15) is 0 Å². The highest BCUT2D eigenvalue weighted by molar-refractivity contribution is 14.0. The number of nitrogens with zero attached hydrogens (tertiary/aromatic N) is 2. The molecule has 0 radical (unpaired) electrons. The summed E-state index contributed by atoms with van der Waals surface area (Å²) in [5.41, 5.74) is 1.15. The van der Waals surface area contributed by atoms with Crippen LogP contribution in [0.4, 0.5) is 0 Å². The number of benzene rings is 1. The van der Waals surface area contributed by atoms with Crippen LogP contribution in [-0.2, 0) is 16.0 Å². The number of ether oxygens (including phenoxy) is 1. The summed E-state index contributed by atoms with van der Waals surface area (Å²) in [5, 5.41) is 7.22. The maximum atomic E-state index is 11.7. The molecule has 0 bridgehead atoms. The van der Waals surface area contributed by atoms with E-state index in [-0.39, 0.29) is 36.4 Å². The number of rotatable bonds is 10. The lowest BCUT2D eigenvalue weighted by Crippen LogP contribution is -2.40. The minimum Gasteiger partial charge on any atom is -0.382 e. The molecule has 1 amide bonds. The Labute approximate surface area is 178 Å². The molecule has 2 N–H and O–H groups in total. The number of carbonyl (C=O) groups is 1. The SMILES string of the molecule is CCOCCCNC(=NCC(=O)N(C)C)NCCc1cccc(Cl)c1.I. The first-order valence-corrected chi connectivity index (χ1v) is 8.95. The van der Waals surface area contributed by atoms with Crippen molar-refractivity contribution >= 4 is 47.4 Å². The summed E-state index contributed by atoms with van der Waals surface area (Å²) < 4.78 is 5.32. The Kier molecular flexibility index (Phi) is 14.4. The van der Waals surface area contributed by atoms with E-state index in [1.54, 1.807) is 14.1 Å². The van der Waals surface area contributed by atoms with Crippen LogP contribution in [0.15, 0.2) is 29.3 Å². The summed E-state index contributed by atoms with van der Waals surface area (Å²) in [6.07, 6.45) is 1.70. The summed E-state index contributed by atoms with van der Waals surface area (Å²) in [7, 11) is 3.44. The lowest BCUT2D eigenvalue weighted by atomic mass is 10.1. The van der Waals surface area contributed by atoms with Crippen molar-refractivity contribution in [1.82, 2.24) is 15.5 Å². The van der Waals surface area contributed by atoms with Gasteiger partial charge in [0, 0.05) is 45.4 Å². The molecule has 1 aromatic carbocycles. The number of halogens is 2. The Morgan fingerprint density at radius 1 is 1.27 bits per heavy atom. The van der Waals surface area contributed by atoms with Gasteiger partial charge in [-0.25, -0.2) is 4.99 Å². The molecule has 1 rings (SSSR count). The van der Waals surface area contributed by atoms with Crippen LogP contribution in [0.5, 0.6) is 0 Å². The van der Waals surface area contributed by atoms with Gasteiger partial charge in [-0.15, -0.1) is 24.0 Å². The van der Waals surface area contributed by atoms with Gasteiger partial charge in [0.2, 0.25) is 5.91 Å². The smallest absolute Gasteiger partial charge is 0.243 e. The van der Waals surface area contributed by atoms with Crippen molar-refractivity contribution in [1.29, 1.82) is 0 Å². The van der Waals surface area contributed by atoms with Crippen molar-refractivity contribution in [2.24, 2.45) is 4.99 Å². The monoisotopic (exact) mass is 496 g/mol. The topological polar surface area (TPSA) is 66.0 Å². The first kappa shape index (κ1) is 24.9. The number of likely N-dealkylation sites (N-methyl/N-ethyl adjacent to an activating group) is 1. The molecule has 0 saturated heterocycles. The third-order valence-electron chi connectivity index (χ3n) is 3.43. The van der Waals surface area contributed by atoms with Gasteiger partial charge in [-0.05, 0) is 37.5 Å². The second-order valence-electron chi connectivity index (χ2n) is 5.74. The maximum absolute atomic E-state index is 11.7. The molecule has 0 unspecified atom stereocenters. The normalized spacial score (nSPS) is 10.8. The Hall–Kier alpha value is -1.06. The van der Waals surface area contributed by atoms with Crippen LogP contribution >= 0.6 is 35.6 Å². The number of aliphatic imine (C=N–C) groups is 1. The molecular formula is C18H30ClIN4O2. The van der Waals surface area contributed by atoms with Crippen molar-refractivity contribution < 1.29 is 9.53 Å². The molecule has 0 fully saturated rings. The number of amides is 1. The van der Waals surface area contributed by atoms with Crippen LogP contribution in [0.2, 0.25) is 5.02 Å². The standard InChI is InChI=1S/C18H29ClN4O2.HI/c1-4-25-12-6-10-20-18(22-14-17(24)23(2)3)21-11-9-15-7-5-8-16(19)13-15;/h5,7-8,13H,4,6,9-12,14H2,1-3H3,(H2,20,21,22);1H. The molecule has 1 aromatic rings. The number of hydrogen-bond donors (Lipinski definition) is 2. The summed E-state index contributed by atoms with van der Waals surface area (Å²) in [6.45, 7) is 4.95. The van der Waals surface area contributed by atoms with E-state index in [0.717, 1.165) is 36.6 Å². The molecule has 0 aliphatic rings. The fourth-order valence-electron chi connectivity index (χ4n) is 2.01. The highest BCUT2D eigenvalue weighted by atomic mass is 127. The van der Waals surface area contributed by atoms with Crippen LogP contribution in [0.3, 0.4) is 0 Å². The minimum absolute atomic E-state index is 0. The van der Waals surface area contributed by atoms with Gasteiger partial charge in [0.1, 0.15) is 6.54 Å². The molecular weight excluding hydrogens is 467 g/mol. The Morgan fingerprint density at radius 2 is 2.00 bits per heavy atom. The van der Waals surface area contributed by atoms with E-state index in [9.17, 15) is 4.79 Å². The van der Waals surface area contributed by atoms with E-state index >= 15 is 0 Å². The highest BCUT2D eigenvalue weighted by Gasteiger charge is 2.04. The lowest BCUT2D eigenvalue weighted by molar-refractivity contribution is -0.127. The second-order valence-corrected chi connectivity index (χ2v) is 6.17. The molecule has 26 heavy (non-hydrogen) atoms. The molecule has 0 atom stereocenters. The minimum atomic E-state index is -0.0368. The fraction of sp³-hybridized carbons (Fsp3) is 0.556. The van der Waals surface area contributed by atoms with Gasteiger partial charge in [-0.1, -0.05) is 23.7 Å². The molecule has 8 heteroatoms. The molecule has 0 aliphatic carbocycles. The van der Waals surface area contributed by atoms with Gasteiger partial charge >= 0.3 is 0 Å². The number of carbonyl (C=O) groups excluding carboxylic acids is 1. The van der Waals surface area contributed by atoms with E-state index in [4.69, 9.17) is 16.3 Å². The van der Waals surface area contributed by atoms with Crippen LogP contribution in [0.1, 0.15) is 18.9 Å². The Bertz CT molecular complexity index is 556. The molecule has 0 saturated carbocycles. The van der Waals surface area contributed by atoms with Crippen LogP contribution in [0.25, 0.3) is 0 Å². The zero-order chi connectivity index (χ0) is 18.5. The maximum Gasteiger partial charge on any atom is 0.243 e. The van der Waals surface area contributed by atoms with Crippen LogP contribution in [-0.4, -0.2) is 63.7 Å². The van der Waals surface area contributed by atoms with E-state index in [0.29, 0.717) is 19.1 Å². The quantitative estimate of drug-likeness (QED) is 0.226. The fourth-order valence-corrected chi connectivity index (χ4v) is 2.22. The van der Waals surface area contributed by atoms with Crippen molar-refractivity contribution in [3.05, 3.63) is 34.9 Å². The van der Waals surface area contributed by atoms with Crippen molar-refractivity contribution in [2.75, 3.05) is 46.9 Å². The second kappa shape index (κ2) is 15.0. The average Bonchev–Trinajstić information content (AvgIpc) is 2.58. The summed E-state index contributed by atoms with van der Waals surface area (Å²) in [6, 6.07) is 7.78. The average molecular weight is 497 g/mol. The predicted molar refractivity (Wildman–Crippen MR) is 119 cm³/mol. The van der Waals surface area contributed by atoms with Crippen LogP contribution < -0.4 is 10.6 Å². The van der Waals surface area contributed by atoms with E-state index in [1.165, 1.54) is 4.90 Å². The Morgan fingerprint density at radius 3 is 2.65 bits per heavy atom. The first-order valence-electron chi connectivity index (χ1n) is 8.57. The predicted octanol–water partition coefficient (Wildman–Crippen LogP) is 2.55. The van der Waals surface area contributed by atoms with Crippen molar-refractivity contribution in [3.63, 3.8) is 0 Å². The summed E-state index contributed by atoms with van der Waals surface area (Å²) >= 11 is 6.00. The van der Waals surface area contributed by atoms with Gasteiger partial charge in [0.15, 0.2) is 5.96 Å². The molecule has 0 aliphatic heterocycles. The third-order valence-corrected chi connectivity index (χ3v) is 3.66. The van der Waals surface area contributed by atoms with E-state index in [2.05, 4.69) is 15.6 Å². The molecule has 148 valence electrons. The van der Waals surface area contributed by atoms with E-state index < -0.39 is 0 Å². The molecule has 0 heterocycles. The molecule has 0 spiro atoms. The highest BCUT2D eigenvalue weighted by Crippen LogP contribution is 2.10.